The van der Waals surface area contributed by atoms with Gasteiger partial charge in [-0.25, -0.2) is 0 Å². The van der Waals surface area contributed by atoms with Gasteiger partial charge in [-0.15, -0.1) is 0 Å². The van der Waals surface area contributed by atoms with E-state index < -0.39 is 5.97 Å². The Bertz CT molecular complexity index is 344. The Hall–Kier alpha value is -1.35. The smallest absolute Gasteiger partial charge is 0.304 e. The van der Waals surface area contributed by atoms with Crippen LogP contribution in [0.4, 0.5) is 0 Å². The standard InChI is InChI=1S/C13H17NO2/c15-13(16)9-11(12-7-4-8-14-12)10-5-2-1-3-6-10/h1-3,5-6,11-12,14H,4,7-9H2,(H,15,16). The average Bonchev–Trinajstić information content (AvgIpc) is 2.80. The lowest BCUT2D eigenvalue weighted by atomic mass is 9.88. The van der Waals surface area contributed by atoms with Gasteiger partial charge in [-0.2, -0.15) is 0 Å². The molecule has 1 heterocycles. The SMILES string of the molecule is O=C(O)CC(c1ccccc1)C1CCCN1. The van der Waals surface area contributed by atoms with E-state index in [0.29, 0.717) is 6.04 Å². The van der Waals surface area contributed by atoms with Gasteiger partial charge < -0.3 is 10.4 Å². The molecule has 0 bridgehead atoms. The maximum atomic E-state index is 10.9. The van der Waals surface area contributed by atoms with Gasteiger partial charge in [0.1, 0.15) is 0 Å². The van der Waals surface area contributed by atoms with Crippen molar-refractivity contribution >= 4 is 5.97 Å². The topological polar surface area (TPSA) is 49.3 Å². The van der Waals surface area contributed by atoms with Crippen LogP contribution in [0.25, 0.3) is 0 Å². The molecule has 1 aromatic rings. The first kappa shape index (κ1) is 11.1. The van der Waals surface area contributed by atoms with E-state index in [1.54, 1.807) is 0 Å². The summed E-state index contributed by atoms with van der Waals surface area (Å²) in [6.07, 6.45) is 2.43. The molecule has 0 saturated carbocycles. The molecule has 0 aromatic heterocycles. The van der Waals surface area contributed by atoms with Crippen LogP contribution in [0.15, 0.2) is 30.3 Å². The summed E-state index contributed by atoms with van der Waals surface area (Å²) in [6, 6.07) is 10.3. The summed E-state index contributed by atoms with van der Waals surface area (Å²) in [5.41, 5.74) is 1.13. The zero-order chi connectivity index (χ0) is 11.4. The number of rotatable bonds is 4. The van der Waals surface area contributed by atoms with E-state index in [0.717, 1.165) is 24.9 Å². The number of carbonyl (C=O) groups is 1. The number of nitrogens with one attached hydrogen (secondary N) is 1. The quantitative estimate of drug-likeness (QED) is 0.814. The fourth-order valence-corrected chi connectivity index (χ4v) is 2.44. The first-order valence-electron chi connectivity index (χ1n) is 5.77. The van der Waals surface area contributed by atoms with Gasteiger partial charge >= 0.3 is 5.97 Å². The van der Waals surface area contributed by atoms with E-state index in [1.807, 2.05) is 30.3 Å². The molecule has 0 amide bonds. The highest BCUT2D eigenvalue weighted by Gasteiger charge is 2.27. The largest absolute Gasteiger partial charge is 0.481 e. The summed E-state index contributed by atoms with van der Waals surface area (Å²) < 4.78 is 0. The second kappa shape index (κ2) is 5.12. The fourth-order valence-electron chi connectivity index (χ4n) is 2.44. The Morgan fingerprint density at radius 3 is 2.75 bits per heavy atom. The highest BCUT2D eigenvalue weighted by atomic mass is 16.4. The van der Waals surface area contributed by atoms with Crippen LogP contribution in [0.2, 0.25) is 0 Å². The van der Waals surface area contributed by atoms with Crippen molar-refractivity contribution in [1.82, 2.24) is 5.32 Å². The number of carboxylic acids is 1. The maximum absolute atomic E-state index is 10.9. The Kier molecular flexibility index (Phi) is 3.57. The average molecular weight is 219 g/mol. The van der Waals surface area contributed by atoms with Gasteiger partial charge in [0, 0.05) is 12.0 Å². The molecule has 1 aliphatic rings. The summed E-state index contributed by atoms with van der Waals surface area (Å²) in [7, 11) is 0. The Labute approximate surface area is 95.5 Å². The van der Waals surface area contributed by atoms with Crippen molar-refractivity contribution in [3.8, 4) is 0 Å². The second-order valence-electron chi connectivity index (χ2n) is 4.32. The van der Waals surface area contributed by atoms with Gasteiger partial charge in [-0.1, -0.05) is 30.3 Å². The van der Waals surface area contributed by atoms with Crippen molar-refractivity contribution in [3.05, 3.63) is 35.9 Å². The molecule has 3 nitrogen and oxygen atoms in total. The molecular formula is C13H17NO2. The minimum atomic E-state index is -0.720. The van der Waals surface area contributed by atoms with E-state index in [2.05, 4.69) is 5.32 Å². The minimum Gasteiger partial charge on any atom is -0.481 e. The van der Waals surface area contributed by atoms with Crippen LogP contribution in [-0.2, 0) is 4.79 Å². The number of hydrogen-bond acceptors (Lipinski definition) is 2. The molecule has 0 aliphatic carbocycles. The zero-order valence-corrected chi connectivity index (χ0v) is 9.23. The number of aliphatic carboxylic acids is 1. The summed E-state index contributed by atoms with van der Waals surface area (Å²) >= 11 is 0. The van der Waals surface area contributed by atoms with Gasteiger partial charge in [-0.05, 0) is 24.9 Å². The molecular weight excluding hydrogens is 202 g/mol. The van der Waals surface area contributed by atoms with Crippen molar-refractivity contribution in [2.75, 3.05) is 6.54 Å². The number of carboxylic acid groups (broad SMARTS) is 1. The highest BCUT2D eigenvalue weighted by Crippen LogP contribution is 2.28. The predicted molar refractivity (Wildman–Crippen MR) is 62.5 cm³/mol. The first-order valence-corrected chi connectivity index (χ1v) is 5.77. The molecule has 0 spiro atoms. The van der Waals surface area contributed by atoms with Gasteiger partial charge in [0.15, 0.2) is 0 Å². The molecule has 3 heteroatoms. The van der Waals surface area contributed by atoms with E-state index in [1.165, 1.54) is 0 Å². The molecule has 2 rings (SSSR count). The van der Waals surface area contributed by atoms with Gasteiger partial charge in [0.2, 0.25) is 0 Å². The Balaban J connectivity index is 2.16. The lowest BCUT2D eigenvalue weighted by Gasteiger charge is -2.22. The summed E-state index contributed by atoms with van der Waals surface area (Å²) in [5, 5.41) is 12.4. The lowest BCUT2D eigenvalue weighted by Crippen LogP contribution is -2.30. The minimum absolute atomic E-state index is 0.0983. The molecule has 2 atom stereocenters. The predicted octanol–water partition coefficient (Wildman–Crippen LogP) is 2.00. The molecule has 86 valence electrons. The molecule has 1 saturated heterocycles. The van der Waals surface area contributed by atoms with E-state index in [4.69, 9.17) is 5.11 Å². The second-order valence-corrected chi connectivity index (χ2v) is 4.32. The van der Waals surface area contributed by atoms with Crippen LogP contribution in [0.3, 0.4) is 0 Å². The number of benzene rings is 1. The molecule has 1 aliphatic heterocycles. The van der Waals surface area contributed by atoms with Crippen molar-refractivity contribution < 1.29 is 9.90 Å². The third-order valence-electron chi connectivity index (χ3n) is 3.21. The van der Waals surface area contributed by atoms with Crippen molar-refractivity contribution in [2.24, 2.45) is 0 Å². The Morgan fingerprint density at radius 1 is 1.44 bits per heavy atom. The first-order chi connectivity index (χ1) is 7.77. The van der Waals surface area contributed by atoms with E-state index in [9.17, 15) is 4.79 Å². The van der Waals surface area contributed by atoms with Crippen molar-refractivity contribution in [1.29, 1.82) is 0 Å². The molecule has 16 heavy (non-hydrogen) atoms. The van der Waals surface area contributed by atoms with Crippen LogP contribution in [0, 0.1) is 0 Å². The van der Waals surface area contributed by atoms with Gasteiger partial charge in [0.25, 0.3) is 0 Å². The molecule has 0 radical (unpaired) electrons. The van der Waals surface area contributed by atoms with Crippen LogP contribution >= 0.6 is 0 Å². The highest BCUT2D eigenvalue weighted by molar-refractivity contribution is 5.68. The Morgan fingerprint density at radius 2 is 2.19 bits per heavy atom. The van der Waals surface area contributed by atoms with Crippen LogP contribution in [0.1, 0.15) is 30.7 Å². The maximum Gasteiger partial charge on any atom is 0.304 e. The molecule has 1 aromatic carbocycles. The van der Waals surface area contributed by atoms with Crippen LogP contribution in [-0.4, -0.2) is 23.7 Å². The van der Waals surface area contributed by atoms with Crippen molar-refractivity contribution in [3.63, 3.8) is 0 Å². The molecule has 2 unspecified atom stereocenters. The normalized spacial score (nSPS) is 21.9. The molecule has 1 fully saturated rings. The van der Waals surface area contributed by atoms with Gasteiger partial charge in [-0.3, -0.25) is 4.79 Å². The fraction of sp³-hybridized carbons (Fsp3) is 0.462. The van der Waals surface area contributed by atoms with Crippen LogP contribution < -0.4 is 5.32 Å². The molecule has 2 N–H and O–H groups in total. The van der Waals surface area contributed by atoms with E-state index in [-0.39, 0.29) is 12.3 Å². The zero-order valence-electron chi connectivity index (χ0n) is 9.23. The number of hydrogen-bond donors (Lipinski definition) is 2. The third kappa shape index (κ3) is 2.61. The van der Waals surface area contributed by atoms with Gasteiger partial charge in [0.05, 0.1) is 6.42 Å². The van der Waals surface area contributed by atoms with Crippen LogP contribution in [0.5, 0.6) is 0 Å². The van der Waals surface area contributed by atoms with E-state index >= 15 is 0 Å². The summed E-state index contributed by atoms with van der Waals surface area (Å²) in [4.78, 5) is 10.9. The summed E-state index contributed by atoms with van der Waals surface area (Å²) in [6.45, 7) is 1.01. The summed E-state index contributed by atoms with van der Waals surface area (Å²) in [5.74, 6) is -0.622. The third-order valence-corrected chi connectivity index (χ3v) is 3.21. The van der Waals surface area contributed by atoms with Crippen molar-refractivity contribution in [2.45, 2.75) is 31.2 Å². The lowest BCUT2D eigenvalue weighted by molar-refractivity contribution is -0.137. The monoisotopic (exact) mass is 219 g/mol.